The van der Waals surface area contributed by atoms with E-state index in [1.54, 1.807) is 0 Å². The third kappa shape index (κ3) is 3.47. The highest BCUT2D eigenvalue weighted by Crippen LogP contribution is 2.17. The predicted octanol–water partition coefficient (Wildman–Crippen LogP) is 2.52. The third-order valence-corrected chi connectivity index (χ3v) is 3.65. The largest absolute Gasteiger partial charge is 0.349 e. The summed E-state index contributed by atoms with van der Waals surface area (Å²) in [5.74, 6) is 0.248. The van der Waals surface area contributed by atoms with Gasteiger partial charge in [0.05, 0.1) is 12.0 Å². The molecular formula is C14H19ClN2O. The van der Waals surface area contributed by atoms with Crippen molar-refractivity contribution in [1.82, 2.24) is 10.6 Å². The maximum absolute atomic E-state index is 12.1. The zero-order chi connectivity index (χ0) is 13.0. The van der Waals surface area contributed by atoms with E-state index < -0.39 is 0 Å². The van der Waals surface area contributed by atoms with Crippen molar-refractivity contribution >= 4 is 17.5 Å². The summed E-state index contributed by atoms with van der Waals surface area (Å²) in [6.45, 7) is 3.81. The van der Waals surface area contributed by atoms with Crippen LogP contribution >= 0.6 is 11.6 Å². The highest BCUT2D eigenvalue weighted by atomic mass is 35.5. The van der Waals surface area contributed by atoms with Crippen LogP contribution in [0.25, 0.3) is 0 Å². The molecule has 1 aliphatic heterocycles. The van der Waals surface area contributed by atoms with Crippen molar-refractivity contribution in [2.45, 2.75) is 25.8 Å². The van der Waals surface area contributed by atoms with Gasteiger partial charge in [-0.2, -0.15) is 0 Å². The lowest BCUT2D eigenvalue weighted by Gasteiger charge is -2.24. The van der Waals surface area contributed by atoms with Gasteiger partial charge in [0.15, 0.2) is 0 Å². The second-order valence-electron chi connectivity index (χ2n) is 4.83. The van der Waals surface area contributed by atoms with Gasteiger partial charge in [-0.3, -0.25) is 4.79 Å². The Hall–Kier alpha value is -1.06. The molecule has 98 valence electrons. The Morgan fingerprint density at radius 1 is 1.44 bits per heavy atom. The van der Waals surface area contributed by atoms with E-state index in [9.17, 15) is 4.79 Å². The summed E-state index contributed by atoms with van der Waals surface area (Å²) in [5.41, 5.74) is 1.08. The zero-order valence-corrected chi connectivity index (χ0v) is 11.3. The summed E-state index contributed by atoms with van der Waals surface area (Å²) in [5, 5.41) is 7.04. The van der Waals surface area contributed by atoms with Crippen LogP contribution in [-0.4, -0.2) is 19.0 Å². The molecule has 1 aromatic rings. The first-order valence-corrected chi connectivity index (χ1v) is 6.81. The van der Waals surface area contributed by atoms with Gasteiger partial charge < -0.3 is 10.6 Å². The first-order chi connectivity index (χ1) is 8.66. The summed E-state index contributed by atoms with van der Waals surface area (Å²) in [6, 6.07) is 7.62. The summed E-state index contributed by atoms with van der Waals surface area (Å²) in [4.78, 5) is 12.1. The minimum absolute atomic E-state index is 0.0247. The Kier molecular flexibility index (Phi) is 4.61. The number of piperidine rings is 1. The molecule has 2 rings (SSSR count). The average Bonchev–Trinajstić information content (AvgIpc) is 2.40. The molecule has 1 saturated heterocycles. The fraction of sp³-hybridized carbons (Fsp3) is 0.500. The minimum Gasteiger partial charge on any atom is -0.349 e. The van der Waals surface area contributed by atoms with E-state index in [-0.39, 0.29) is 17.9 Å². The van der Waals surface area contributed by atoms with E-state index in [0.717, 1.165) is 31.5 Å². The van der Waals surface area contributed by atoms with Crippen LogP contribution in [0.5, 0.6) is 0 Å². The van der Waals surface area contributed by atoms with E-state index >= 15 is 0 Å². The second kappa shape index (κ2) is 6.21. The fourth-order valence-corrected chi connectivity index (χ4v) is 2.37. The number of hydrogen-bond donors (Lipinski definition) is 2. The van der Waals surface area contributed by atoms with Gasteiger partial charge in [-0.1, -0.05) is 23.7 Å². The van der Waals surface area contributed by atoms with Crippen LogP contribution in [0.15, 0.2) is 24.3 Å². The number of benzene rings is 1. The van der Waals surface area contributed by atoms with Crippen molar-refractivity contribution in [2.75, 3.05) is 13.1 Å². The molecule has 1 amide bonds. The molecule has 0 radical (unpaired) electrons. The molecule has 0 aliphatic carbocycles. The second-order valence-corrected chi connectivity index (χ2v) is 5.26. The highest BCUT2D eigenvalue weighted by molar-refractivity contribution is 6.30. The van der Waals surface area contributed by atoms with Crippen LogP contribution in [0.1, 0.15) is 31.4 Å². The molecule has 1 fully saturated rings. The maximum Gasteiger partial charge on any atom is 0.224 e. The molecule has 0 bridgehead atoms. The van der Waals surface area contributed by atoms with E-state index in [4.69, 9.17) is 11.6 Å². The van der Waals surface area contributed by atoms with Gasteiger partial charge in [0.2, 0.25) is 5.91 Å². The molecular weight excluding hydrogens is 248 g/mol. The van der Waals surface area contributed by atoms with Gasteiger partial charge >= 0.3 is 0 Å². The van der Waals surface area contributed by atoms with Crippen molar-refractivity contribution in [2.24, 2.45) is 5.92 Å². The normalized spacial score (nSPS) is 21.3. The van der Waals surface area contributed by atoms with Crippen molar-refractivity contribution in [3.05, 3.63) is 34.9 Å². The van der Waals surface area contributed by atoms with Gasteiger partial charge in [0.25, 0.3) is 0 Å². The van der Waals surface area contributed by atoms with E-state index in [0.29, 0.717) is 5.02 Å². The molecule has 1 heterocycles. The first kappa shape index (κ1) is 13.4. The molecule has 0 saturated carbocycles. The summed E-state index contributed by atoms with van der Waals surface area (Å²) in [7, 11) is 0. The Balaban J connectivity index is 1.91. The van der Waals surface area contributed by atoms with Gasteiger partial charge in [-0.15, -0.1) is 0 Å². The Labute approximate surface area is 113 Å². The molecule has 18 heavy (non-hydrogen) atoms. The monoisotopic (exact) mass is 266 g/mol. The van der Waals surface area contributed by atoms with E-state index in [1.165, 1.54) is 0 Å². The lowest BCUT2D eigenvalue weighted by atomic mass is 9.98. The Morgan fingerprint density at radius 2 is 2.17 bits per heavy atom. The van der Waals surface area contributed by atoms with Crippen molar-refractivity contribution in [3.63, 3.8) is 0 Å². The molecule has 3 nitrogen and oxygen atoms in total. The van der Waals surface area contributed by atoms with Crippen LogP contribution in [0.4, 0.5) is 0 Å². The number of rotatable bonds is 3. The molecule has 2 N–H and O–H groups in total. The lowest BCUT2D eigenvalue weighted by molar-refractivity contribution is -0.126. The van der Waals surface area contributed by atoms with Crippen molar-refractivity contribution < 1.29 is 4.79 Å². The number of nitrogens with one attached hydrogen (secondary N) is 2. The van der Waals surface area contributed by atoms with Crippen LogP contribution in [-0.2, 0) is 4.79 Å². The number of amides is 1. The Bertz CT molecular complexity index is 399. The van der Waals surface area contributed by atoms with Crippen LogP contribution in [0.3, 0.4) is 0 Å². The molecule has 0 aromatic heterocycles. The summed E-state index contributed by atoms with van der Waals surface area (Å²) < 4.78 is 0. The van der Waals surface area contributed by atoms with E-state index in [2.05, 4.69) is 10.6 Å². The number of hydrogen-bond acceptors (Lipinski definition) is 2. The number of carbonyl (C=O) groups is 1. The van der Waals surface area contributed by atoms with Gasteiger partial charge in [0.1, 0.15) is 0 Å². The lowest BCUT2D eigenvalue weighted by Crippen LogP contribution is -2.41. The standard InChI is InChI=1S/C14H19ClN2O/c1-10(11-4-6-13(15)7-5-11)17-14(18)12-3-2-8-16-9-12/h4-7,10,12,16H,2-3,8-9H2,1H3,(H,17,18)/t10-,12-/m1/s1. The maximum atomic E-state index is 12.1. The molecule has 4 heteroatoms. The van der Waals surface area contributed by atoms with Gasteiger partial charge in [0, 0.05) is 11.6 Å². The highest BCUT2D eigenvalue weighted by Gasteiger charge is 2.22. The molecule has 1 aliphatic rings. The SMILES string of the molecule is C[C@@H](NC(=O)[C@@H]1CCCNC1)c1ccc(Cl)cc1. The number of halogens is 1. The quantitative estimate of drug-likeness (QED) is 0.883. The van der Waals surface area contributed by atoms with Crippen molar-refractivity contribution in [3.8, 4) is 0 Å². The predicted molar refractivity (Wildman–Crippen MR) is 73.6 cm³/mol. The van der Waals surface area contributed by atoms with Crippen LogP contribution in [0, 0.1) is 5.92 Å². The summed E-state index contributed by atoms with van der Waals surface area (Å²) >= 11 is 5.85. The first-order valence-electron chi connectivity index (χ1n) is 6.43. The van der Waals surface area contributed by atoms with Crippen molar-refractivity contribution in [1.29, 1.82) is 0 Å². The summed E-state index contributed by atoms with van der Waals surface area (Å²) in [6.07, 6.45) is 2.06. The molecule has 2 atom stereocenters. The third-order valence-electron chi connectivity index (χ3n) is 3.40. The average molecular weight is 267 g/mol. The van der Waals surface area contributed by atoms with E-state index in [1.807, 2.05) is 31.2 Å². The van der Waals surface area contributed by atoms with Gasteiger partial charge in [-0.05, 0) is 44.0 Å². The topological polar surface area (TPSA) is 41.1 Å². The molecule has 0 unspecified atom stereocenters. The molecule has 1 aromatic carbocycles. The smallest absolute Gasteiger partial charge is 0.224 e. The Morgan fingerprint density at radius 3 is 2.78 bits per heavy atom. The fourth-order valence-electron chi connectivity index (χ4n) is 2.24. The minimum atomic E-state index is 0.0247. The number of carbonyl (C=O) groups excluding carboxylic acids is 1. The van der Waals surface area contributed by atoms with Crippen LogP contribution in [0.2, 0.25) is 5.02 Å². The molecule has 0 spiro atoms. The van der Waals surface area contributed by atoms with Gasteiger partial charge in [-0.25, -0.2) is 0 Å². The zero-order valence-electron chi connectivity index (χ0n) is 10.6. The van der Waals surface area contributed by atoms with Crippen LogP contribution < -0.4 is 10.6 Å².